The SMILES string of the molecule is CCCN1CCc2[nH]nc(-c3ccccc3F)c2C1. The zero-order chi connectivity index (χ0) is 13.2. The van der Waals surface area contributed by atoms with E-state index >= 15 is 0 Å². The van der Waals surface area contributed by atoms with Gasteiger partial charge < -0.3 is 0 Å². The zero-order valence-electron chi connectivity index (χ0n) is 11.1. The van der Waals surface area contributed by atoms with Crippen LogP contribution >= 0.6 is 0 Å². The van der Waals surface area contributed by atoms with E-state index < -0.39 is 0 Å². The largest absolute Gasteiger partial charge is 0.299 e. The summed E-state index contributed by atoms with van der Waals surface area (Å²) >= 11 is 0. The molecule has 0 radical (unpaired) electrons. The molecule has 1 aromatic carbocycles. The Morgan fingerprint density at radius 3 is 3.00 bits per heavy atom. The maximum Gasteiger partial charge on any atom is 0.132 e. The molecule has 0 saturated heterocycles. The summed E-state index contributed by atoms with van der Waals surface area (Å²) in [5.74, 6) is -0.204. The number of nitrogens with one attached hydrogen (secondary N) is 1. The second-order valence-corrected chi connectivity index (χ2v) is 5.04. The molecular formula is C15H18FN3. The normalized spacial score (nSPS) is 15.5. The highest BCUT2D eigenvalue weighted by Crippen LogP contribution is 2.29. The van der Waals surface area contributed by atoms with Gasteiger partial charge in [0.1, 0.15) is 5.82 Å². The van der Waals surface area contributed by atoms with Gasteiger partial charge in [-0.05, 0) is 25.1 Å². The molecule has 1 aliphatic rings. The molecule has 0 fully saturated rings. The first-order valence-corrected chi connectivity index (χ1v) is 6.83. The second-order valence-electron chi connectivity index (χ2n) is 5.04. The number of hydrogen-bond acceptors (Lipinski definition) is 2. The van der Waals surface area contributed by atoms with Crippen molar-refractivity contribution >= 4 is 0 Å². The van der Waals surface area contributed by atoms with Crippen LogP contribution in [-0.4, -0.2) is 28.2 Å². The van der Waals surface area contributed by atoms with Gasteiger partial charge in [-0.3, -0.25) is 10.00 Å². The molecule has 0 spiro atoms. The molecule has 4 heteroatoms. The summed E-state index contributed by atoms with van der Waals surface area (Å²) in [5.41, 5.74) is 3.68. The highest BCUT2D eigenvalue weighted by Gasteiger charge is 2.23. The minimum absolute atomic E-state index is 0.204. The van der Waals surface area contributed by atoms with Gasteiger partial charge in [-0.2, -0.15) is 5.10 Å². The molecule has 0 saturated carbocycles. The standard InChI is InChI=1S/C15H18FN3/c1-2-8-19-9-7-14-12(10-19)15(18-17-14)11-5-3-4-6-13(11)16/h3-6H,2,7-10H2,1H3,(H,17,18). The summed E-state index contributed by atoms with van der Waals surface area (Å²) in [6.07, 6.45) is 2.11. The van der Waals surface area contributed by atoms with Crippen LogP contribution in [0.2, 0.25) is 0 Å². The molecule has 2 heterocycles. The van der Waals surface area contributed by atoms with E-state index in [9.17, 15) is 4.39 Å². The van der Waals surface area contributed by atoms with Gasteiger partial charge in [0.2, 0.25) is 0 Å². The highest BCUT2D eigenvalue weighted by atomic mass is 19.1. The van der Waals surface area contributed by atoms with Gasteiger partial charge in [0, 0.05) is 36.3 Å². The van der Waals surface area contributed by atoms with Crippen LogP contribution in [0.4, 0.5) is 4.39 Å². The average molecular weight is 259 g/mol. The number of aromatic amines is 1. The summed E-state index contributed by atoms with van der Waals surface area (Å²) in [6.45, 7) is 5.19. The summed E-state index contributed by atoms with van der Waals surface area (Å²) in [5, 5.41) is 7.40. The summed E-state index contributed by atoms with van der Waals surface area (Å²) in [6, 6.07) is 6.85. The molecule has 1 aromatic heterocycles. The second kappa shape index (κ2) is 5.13. The van der Waals surface area contributed by atoms with Gasteiger partial charge in [0.05, 0.1) is 5.69 Å². The van der Waals surface area contributed by atoms with E-state index in [1.54, 1.807) is 12.1 Å². The van der Waals surface area contributed by atoms with E-state index in [1.165, 1.54) is 6.07 Å². The lowest BCUT2D eigenvalue weighted by molar-refractivity contribution is 0.254. The van der Waals surface area contributed by atoms with Gasteiger partial charge in [0.25, 0.3) is 0 Å². The molecule has 1 N–H and O–H groups in total. The average Bonchev–Trinajstić information content (AvgIpc) is 2.83. The van der Waals surface area contributed by atoms with Crippen molar-refractivity contribution in [2.24, 2.45) is 0 Å². The van der Waals surface area contributed by atoms with Crippen molar-refractivity contribution < 1.29 is 4.39 Å². The van der Waals surface area contributed by atoms with Crippen LogP contribution in [0.15, 0.2) is 24.3 Å². The van der Waals surface area contributed by atoms with Crippen molar-refractivity contribution in [1.82, 2.24) is 15.1 Å². The molecule has 3 nitrogen and oxygen atoms in total. The van der Waals surface area contributed by atoms with Crippen molar-refractivity contribution in [1.29, 1.82) is 0 Å². The molecule has 3 rings (SSSR count). The molecule has 100 valence electrons. The Bertz CT molecular complexity index is 577. The molecule has 0 aliphatic carbocycles. The smallest absolute Gasteiger partial charge is 0.132 e. The predicted molar refractivity (Wildman–Crippen MR) is 73.3 cm³/mol. The number of hydrogen-bond donors (Lipinski definition) is 1. The van der Waals surface area contributed by atoms with Crippen LogP contribution in [0.3, 0.4) is 0 Å². The Balaban J connectivity index is 1.97. The maximum absolute atomic E-state index is 13.9. The first-order valence-electron chi connectivity index (χ1n) is 6.83. The fourth-order valence-electron chi connectivity index (χ4n) is 2.73. The third kappa shape index (κ3) is 2.28. The van der Waals surface area contributed by atoms with E-state index in [4.69, 9.17) is 0 Å². The molecule has 0 atom stereocenters. The van der Waals surface area contributed by atoms with Crippen LogP contribution in [0.1, 0.15) is 24.6 Å². The minimum Gasteiger partial charge on any atom is -0.299 e. The number of rotatable bonds is 3. The topological polar surface area (TPSA) is 31.9 Å². The summed E-state index contributed by atoms with van der Waals surface area (Å²) in [7, 11) is 0. The summed E-state index contributed by atoms with van der Waals surface area (Å²) in [4.78, 5) is 2.40. The van der Waals surface area contributed by atoms with Crippen LogP contribution in [0.25, 0.3) is 11.3 Å². The molecule has 0 bridgehead atoms. The third-order valence-corrected chi connectivity index (χ3v) is 3.68. The summed E-state index contributed by atoms with van der Waals surface area (Å²) < 4.78 is 13.9. The van der Waals surface area contributed by atoms with E-state index in [0.717, 1.165) is 49.4 Å². The maximum atomic E-state index is 13.9. The lowest BCUT2D eigenvalue weighted by atomic mass is 10.0. The Morgan fingerprint density at radius 2 is 2.21 bits per heavy atom. The van der Waals surface area contributed by atoms with Gasteiger partial charge in [-0.1, -0.05) is 19.1 Å². The Hall–Kier alpha value is -1.68. The van der Waals surface area contributed by atoms with Crippen molar-refractivity contribution in [2.45, 2.75) is 26.3 Å². The molecule has 0 unspecified atom stereocenters. The Labute approximate surface area is 112 Å². The predicted octanol–water partition coefficient (Wildman–Crippen LogP) is 2.98. The number of halogens is 1. The number of benzene rings is 1. The van der Waals surface area contributed by atoms with E-state index in [2.05, 4.69) is 22.0 Å². The zero-order valence-corrected chi connectivity index (χ0v) is 11.1. The quantitative estimate of drug-likeness (QED) is 0.919. The Kier molecular flexibility index (Phi) is 3.34. The van der Waals surface area contributed by atoms with Gasteiger partial charge in [0.15, 0.2) is 0 Å². The third-order valence-electron chi connectivity index (χ3n) is 3.68. The van der Waals surface area contributed by atoms with Gasteiger partial charge in [-0.25, -0.2) is 4.39 Å². The molecule has 0 amide bonds. The first-order chi connectivity index (χ1) is 9.29. The van der Waals surface area contributed by atoms with Crippen molar-refractivity contribution in [3.05, 3.63) is 41.3 Å². The molecular weight excluding hydrogens is 241 g/mol. The molecule has 19 heavy (non-hydrogen) atoms. The van der Waals surface area contributed by atoms with E-state index in [1.807, 2.05) is 6.07 Å². The van der Waals surface area contributed by atoms with Gasteiger partial charge >= 0.3 is 0 Å². The van der Waals surface area contributed by atoms with E-state index in [-0.39, 0.29) is 5.82 Å². The van der Waals surface area contributed by atoms with E-state index in [0.29, 0.717) is 5.56 Å². The van der Waals surface area contributed by atoms with Gasteiger partial charge in [-0.15, -0.1) is 0 Å². The first kappa shape index (κ1) is 12.4. The van der Waals surface area contributed by atoms with Crippen molar-refractivity contribution in [3.8, 4) is 11.3 Å². The monoisotopic (exact) mass is 259 g/mol. The minimum atomic E-state index is -0.204. The van der Waals surface area contributed by atoms with Crippen molar-refractivity contribution in [3.63, 3.8) is 0 Å². The lowest BCUT2D eigenvalue weighted by Crippen LogP contribution is -2.31. The van der Waals surface area contributed by atoms with Crippen LogP contribution in [-0.2, 0) is 13.0 Å². The number of fused-ring (bicyclic) bond motifs is 1. The fourth-order valence-corrected chi connectivity index (χ4v) is 2.73. The van der Waals surface area contributed by atoms with Crippen LogP contribution in [0, 0.1) is 5.82 Å². The van der Waals surface area contributed by atoms with Crippen LogP contribution < -0.4 is 0 Å². The molecule has 2 aromatic rings. The Morgan fingerprint density at radius 1 is 1.37 bits per heavy atom. The lowest BCUT2D eigenvalue weighted by Gasteiger charge is -2.26. The number of H-pyrrole nitrogens is 1. The van der Waals surface area contributed by atoms with Crippen molar-refractivity contribution in [2.75, 3.05) is 13.1 Å². The number of nitrogens with zero attached hydrogens (tertiary/aromatic N) is 2. The highest BCUT2D eigenvalue weighted by molar-refractivity contribution is 5.64. The van der Waals surface area contributed by atoms with Crippen LogP contribution in [0.5, 0.6) is 0 Å². The fraction of sp³-hybridized carbons (Fsp3) is 0.400. The number of aromatic nitrogens is 2. The molecule has 1 aliphatic heterocycles.